The molecule has 100 valence electrons. The van der Waals surface area contributed by atoms with E-state index in [2.05, 4.69) is 17.1 Å². The van der Waals surface area contributed by atoms with Crippen molar-refractivity contribution in [3.05, 3.63) is 29.6 Å². The van der Waals surface area contributed by atoms with Crippen LogP contribution in [-0.4, -0.2) is 37.7 Å². The molecule has 0 radical (unpaired) electrons. The molecule has 0 saturated carbocycles. The molecule has 0 spiro atoms. The van der Waals surface area contributed by atoms with Gasteiger partial charge in [-0.15, -0.1) is 0 Å². The Bertz CT molecular complexity index is 397. The van der Waals surface area contributed by atoms with Crippen LogP contribution >= 0.6 is 0 Å². The summed E-state index contributed by atoms with van der Waals surface area (Å²) < 4.78 is 19.1. The van der Waals surface area contributed by atoms with Gasteiger partial charge in [-0.25, -0.2) is 4.39 Å². The largest absolute Gasteiger partial charge is 0.494 e. The monoisotopic (exact) mass is 252 g/mol. The maximum atomic E-state index is 14.1. The average molecular weight is 252 g/mol. The lowest BCUT2D eigenvalue weighted by Gasteiger charge is -2.35. The van der Waals surface area contributed by atoms with E-state index in [1.54, 1.807) is 6.07 Å². The number of ether oxygens (including phenoxy) is 1. The van der Waals surface area contributed by atoms with Crippen molar-refractivity contribution in [3.63, 3.8) is 0 Å². The molecule has 1 saturated heterocycles. The van der Waals surface area contributed by atoms with E-state index in [0.29, 0.717) is 18.3 Å². The van der Waals surface area contributed by atoms with Crippen LogP contribution in [0, 0.1) is 5.82 Å². The Hall–Kier alpha value is -1.13. The van der Waals surface area contributed by atoms with Crippen LogP contribution in [0.2, 0.25) is 0 Å². The highest BCUT2D eigenvalue weighted by atomic mass is 19.1. The number of nitrogens with one attached hydrogen (secondary N) is 1. The Balaban J connectivity index is 2.12. The van der Waals surface area contributed by atoms with E-state index in [0.717, 1.165) is 31.6 Å². The zero-order valence-electron chi connectivity index (χ0n) is 11.1. The first-order valence-corrected chi connectivity index (χ1v) is 6.52. The Labute approximate surface area is 108 Å². The van der Waals surface area contributed by atoms with Crippen LogP contribution < -0.4 is 10.1 Å². The average Bonchev–Trinajstić information content (AvgIpc) is 2.42. The molecule has 1 aromatic carbocycles. The smallest absolute Gasteiger partial charge is 0.169 e. The zero-order valence-corrected chi connectivity index (χ0v) is 11.1. The second-order valence-corrected chi connectivity index (χ2v) is 4.67. The molecular weight excluding hydrogens is 231 g/mol. The minimum Gasteiger partial charge on any atom is -0.494 e. The van der Waals surface area contributed by atoms with Gasteiger partial charge in [-0.1, -0.05) is 19.1 Å². The molecule has 4 heteroatoms. The summed E-state index contributed by atoms with van der Waals surface area (Å²) in [6.45, 7) is 5.76. The fraction of sp³-hybridized carbons (Fsp3) is 0.571. The number of methoxy groups -OCH3 is 1. The molecule has 18 heavy (non-hydrogen) atoms. The number of rotatable bonds is 4. The molecule has 1 unspecified atom stereocenters. The van der Waals surface area contributed by atoms with E-state index in [1.807, 2.05) is 12.1 Å². The molecule has 0 aliphatic carbocycles. The van der Waals surface area contributed by atoms with Gasteiger partial charge in [0.1, 0.15) is 0 Å². The molecule has 1 N–H and O–H groups in total. The topological polar surface area (TPSA) is 24.5 Å². The van der Waals surface area contributed by atoms with Gasteiger partial charge in [-0.05, 0) is 12.5 Å². The van der Waals surface area contributed by atoms with E-state index < -0.39 is 0 Å². The third kappa shape index (κ3) is 2.82. The van der Waals surface area contributed by atoms with Crippen molar-refractivity contribution in [2.75, 3.05) is 26.7 Å². The number of nitrogens with zero attached hydrogens (tertiary/aromatic N) is 1. The predicted octanol–water partition coefficient (Wildman–Crippen LogP) is 2.02. The van der Waals surface area contributed by atoms with Crippen molar-refractivity contribution < 1.29 is 9.13 Å². The number of hydrogen-bond donors (Lipinski definition) is 1. The van der Waals surface area contributed by atoms with Crippen molar-refractivity contribution in [3.8, 4) is 5.75 Å². The van der Waals surface area contributed by atoms with Crippen LogP contribution in [0.1, 0.15) is 18.9 Å². The van der Waals surface area contributed by atoms with Crippen molar-refractivity contribution in [1.29, 1.82) is 0 Å². The maximum Gasteiger partial charge on any atom is 0.169 e. The van der Waals surface area contributed by atoms with Gasteiger partial charge < -0.3 is 10.1 Å². The zero-order chi connectivity index (χ0) is 13.0. The molecule has 1 aliphatic heterocycles. The fourth-order valence-electron chi connectivity index (χ4n) is 2.47. The number of halogens is 1. The highest BCUT2D eigenvalue weighted by Crippen LogP contribution is 2.22. The van der Waals surface area contributed by atoms with Gasteiger partial charge in [-0.2, -0.15) is 0 Å². The SMILES string of the molecule is CCC1CNCCN1Cc1cccc(OC)c1F. The van der Waals surface area contributed by atoms with Gasteiger partial charge in [0.2, 0.25) is 0 Å². The molecular formula is C14H21FN2O. The van der Waals surface area contributed by atoms with Gasteiger partial charge in [0.15, 0.2) is 11.6 Å². The molecule has 2 rings (SSSR count). The molecule has 1 aromatic rings. The van der Waals surface area contributed by atoms with Crippen LogP contribution in [0.25, 0.3) is 0 Å². The Morgan fingerprint density at radius 1 is 1.50 bits per heavy atom. The molecule has 0 bridgehead atoms. The number of hydrogen-bond acceptors (Lipinski definition) is 3. The first-order chi connectivity index (χ1) is 8.76. The summed E-state index contributed by atoms with van der Waals surface area (Å²) in [5.74, 6) is 0.101. The quantitative estimate of drug-likeness (QED) is 0.887. The molecule has 1 fully saturated rings. The summed E-state index contributed by atoms with van der Waals surface area (Å²) in [6, 6.07) is 5.84. The van der Waals surface area contributed by atoms with E-state index in [-0.39, 0.29) is 5.82 Å². The summed E-state index contributed by atoms with van der Waals surface area (Å²) in [7, 11) is 1.50. The summed E-state index contributed by atoms with van der Waals surface area (Å²) in [6.07, 6.45) is 1.08. The van der Waals surface area contributed by atoms with Crippen LogP contribution in [0.15, 0.2) is 18.2 Å². The Morgan fingerprint density at radius 2 is 2.33 bits per heavy atom. The second kappa shape index (κ2) is 6.16. The first kappa shape index (κ1) is 13.3. The van der Waals surface area contributed by atoms with Crippen molar-refractivity contribution in [1.82, 2.24) is 10.2 Å². The third-order valence-corrected chi connectivity index (χ3v) is 3.58. The molecule has 0 amide bonds. The van der Waals surface area contributed by atoms with Gasteiger partial charge >= 0.3 is 0 Å². The highest BCUT2D eigenvalue weighted by molar-refractivity contribution is 5.31. The third-order valence-electron chi connectivity index (χ3n) is 3.58. The van der Waals surface area contributed by atoms with Crippen LogP contribution in [0.5, 0.6) is 5.75 Å². The van der Waals surface area contributed by atoms with Crippen molar-refractivity contribution >= 4 is 0 Å². The summed E-state index contributed by atoms with van der Waals surface area (Å²) >= 11 is 0. The first-order valence-electron chi connectivity index (χ1n) is 6.52. The lowest BCUT2D eigenvalue weighted by atomic mass is 10.1. The van der Waals surface area contributed by atoms with Crippen LogP contribution in [0.4, 0.5) is 4.39 Å². The van der Waals surface area contributed by atoms with Gasteiger partial charge in [0.25, 0.3) is 0 Å². The molecule has 3 nitrogen and oxygen atoms in total. The lowest BCUT2D eigenvalue weighted by molar-refractivity contribution is 0.147. The molecule has 1 aliphatic rings. The van der Waals surface area contributed by atoms with E-state index in [1.165, 1.54) is 7.11 Å². The summed E-state index contributed by atoms with van der Waals surface area (Å²) in [4.78, 5) is 2.34. The molecule has 1 heterocycles. The van der Waals surface area contributed by atoms with Gasteiger partial charge in [0.05, 0.1) is 7.11 Å². The summed E-state index contributed by atoms with van der Waals surface area (Å²) in [5.41, 5.74) is 0.717. The Kier molecular flexibility index (Phi) is 4.55. The second-order valence-electron chi connectivity index (χ2n) is 4.67. The molecule has 0 aromatic heterocycles. The minimum atomic E-state index is -0.228. The van der Waals surface area contributed by atoms with Crippen LogP contribution in [0.3, 0.4) is 0 Å². The normalized spacial score (nSPS) is 20.9. The number of benzene rings is 1. The van der Waals surface area contributed by atoms with Crippen molar-refractivity contribution in [2.24, 2.45) is 0 Å². The fourth-order valence-corrected chi connectivity index (χ4v) is 2.47. The minimum absolute atomic E-state index is 0.228. The standard InChI is InChI=1S/C14H21FN2O/c1-3-12-9-16-7-8-17(12)10-11-5-4-6-13(18-2)14(11)15/h4-6,12,16H,3,7-10H2,1-2H3. The number of piperazine rings is 1. The molecule has 1 atom stereocenters. The van der Waals surface area contributed by atoms with Crippen LogP contribution in [-0.2, 0) is 6.54 Å². The Morgan fingerprint density at radius 3 is 3.06 bits per heavy atom. The highest BCUT2D eigenvalue weighted by Gasteiger charge is 2.22. The van der Waals surface area contributed by atoms with E-state index in [9.17, 15) is 4.39 Å². The van der Waals surface area contributed by atoms with Gasteiger partial charge in [0, 0.05) is 37.8 Å². The summed E-state index contributed by atoms with van der Waals surface area (Å²) in [5, 5.41) is 3.38. The maximum absolute atomic E-state index is 14.1. The van der Waals surface area contributed by atoms with Gasteiger partial charge in [-0.3, -0.25) is 4.90 Å². The predicted molar refractivity (Wildman–Crippen MR) is 70.3 cm³/mol. The van der Waals surface area contributed by atoms with E-state index in [4.69, 9.17) is 4.74 Å². The van der Waals surface area contributed by atoms with E-state index >= 15 is 0 Å². The lowest BCUT2D eigenvalue weighted by Crippen LogP contribution is -2.50. The van der Waals surface area contributed by atoms with Crippen molar-refractivity contribution in [2.45, 2.75) is 25.9 Å².